The Morgan fingerprint density at radius 2 is 1.64 bits per heavy atom. The van der Waals surface area contributed by atoms with E-state index in [1.165, 1.54) is 0 Å². The number of carboxylic acids is 2. The second-order valence-electron chi connectivity index (χ2n) is 5.34. The molecule has 1 unspecified atom stereocenters. The highest BCUT2D eigenvalue weighted by Gasteiger charge is 2.41. The van der Waals surface area contributed by atoms with Gasteiger partial charge in [-0.25, -0.2) is 9.59 Å². The van der Waals surface area contributed by atoms with Gasteiger partial charge >= 0.3 is 17.9 Å². The van der Waals surface area contributed by atoms with E-state index >= 15 is 0 Å². The second-order valence-corrected chi connectivity index (χ2v) is 5.34. The summed E-state index contributed by atoms with van der Waals surface area (Å²) in [4.78, 5) is 33.5. The molecule has 6 heteroatoms. The van der Waals surface area contributed by atoms with Crippen molar-refractivity contribution in [3.05, 3.63) is 12.7 Å². The zero-order valence-corrected chi connectivity index (χ0v) is 13.2. The van der Waals surface area contributed by atoms with Crippen LogP contribution in [0.4, 0.5) is 0 Å². The minimum Gasteiger partial charge on any atom is -0.481 e. The first-order valence-corrected chi connectivity index (χ1v) is 7.68. The van der Waals surface area contributed by atoms with Gasteiger partial charge in [-0.1, -0.05) is 32.8 Å². The van der Waals surface area contributed by atoms with Crippen LogP contribution in [0.3, 0.4) is 0 Å². The number of hydrogen-bond donors (Lipinski definition) is 2. The highest BCUT2D eigenvalue weighted by molar-refractivity contribution is 5.86. The van der Waals surface area contributed by atoms with E-state index in [-0.39, 0.29) is 19.3 Å². The number of hydrogen-bond acceptors (Lipinski definition) is 4. The molecule has 0 aliphatic heterocycles. The van der Waals surface area contributed by atoms with Crippen molar-refractivity contribution in [2.45, 2.75) is 70.3 Å². The van der Waals surface area contributed by atoms with Crippen LogP contribution in [0.1, 0.15) is 64.7 Å². The predicted octanol–water partition coefficient (Wildman–Crippen LogP) is 3.15. The van der Waals surface area contributed by atoms with E-state index in [1.54, 1.807) is 0 Å². The number of carbonyl (C=O) groups excluding carboxylic acids is 1. The molecule has 22 heavy (non-hydrogen) atoms. The zero-order chi connectivity index (χ0) is 17.0. The first-order valence-electron chi connectivity index (χ1n) is 7.68. The molecule has 0 aromatic rings. The fourth-order valence-corrected chi connectivity index (χ4v) is 2.24. The lowest BCUT2D eigenvalue weighted by molar-refractivity contribution is -0.177. The maximum Gasteiger partial charge on any atom is 0.348 e. The van der Waals surface area contributed by atoms with E-state index in [0.29, 0.717) is 25.7 Å². The van der Waals surface area contributed by atoms with E-state index in [2.05, 4.69) is 6.58 Å². The molecular weight excluding hydrogens is 288 g/mol. The van der Waals surface area contributed by atoms with Gasteiger partial charge in [0.2, 0.25) is 5.60 Å². The number of aliphatic carboxylic acids is 2. The van der Waals surface area contributed by atoms with Gasteiger partial charge in [-0.2, -0.15) is 0 Å². The number of rotatable bonds is 13. The third-order valence-corrected chi connectivity index (χ3v) is 3.51. The zero-order valence-electron chi connectivity index (χ0n) is 13.2. The smallest absolute Gasteiger partial charge is 0.348 e. The lowest BCUT2D eigenvalue weighted by atomic mass is 9.89. The van der Waals surface area contributed by atoms with Crippen molar-refractivity contribution < 1.29 is 29.3 Å². The molecule has 0 saturated carbocycles. The minimum absolute atomic E-state index is 0.0579. The van der Waals surface area contributed by atoms with Crippen LogP contribution < -0.4 is 0 Å². The number of esters is 1. The molecule has 0 radical (unpaired) electrons. The molecule has 0 aliphatic rings. The monoisotopic (exact) mass is 314 g/mol. The molecule has 0 bridgehead atoms. The maximum atomic E-state index is 11.6. The van der Waals surface area contributed by atoms with Gasteiger partial charge in [0.15, 0.2) is 0 Å². The molecule has 0 spiro atoms. The van der Waals surface area contributed by atoms with Crippen molar-refractivity contribution in [1.82, 2.24) is 0 Å². The summed E-state index contributed by atoms with van der Waals surface area (Å²) in [6.07, 6.45) is 5.47. The first kappa shape index (κ1) is 20.1. The van der Waals surface area contributed by atoms with E-state index in [4.69, 9.17) is 9.84 Å². The molecular formula is C16H26O6. The number of ether oxygens (including phenoxy) is 1. The quantitative estimate of drug-likeness (QED) is 0.308. The summed E-state index contributed by atoms with van der Waals surface area (Å²) in [7, 11) is 0. The molecule has 0 aromatic heterocycles. The third kappa shape index (κ3) is 7.81. The van der Waals surface area contributed by atoms with Crippen molar-refractivity contribution in [2.24, 2.45) is 0 Å². The summed E-state index contributed by atoms with van der Waals surface area (Å²) in [5, 5.41) is 18.1. The lowest BCUT2D eigenvalue weighted by Gasteiger charge is -2.29. The van der Waals surface area contributed by atoms with Gasteiger partial charge in [-0.15, -0.1) is 0 Å². The molecule has 0 heterocycles. The number of unbranched alkanes of at least 4 members (excludes halogenated alkanes) is 4. The average Bonchev–Trinajstić information content (AvgIpc) is 2.46. The van der Waals surface area contributed by atoms with E-state index < -0.39 is 23.5 Å². The summed E-state index contributed by atoms with van der Waals surface area (Å²) in [5.74, 6) is -2.77. The molecule has 2 N–H and O–H groups in total. The predicted molar refractivity (Wildman–Crippen MR) is 81.5 cm³/mol. The van der Waals surface area contributed by atoms with Crippen LogP contribution in [0.2, 0.25) is 0 Å². The van der Waals surface area contributed by atoms with E-state index in [1.807, 2.05) is 6.92 Å². The summed E-state index contributed by atoms with van der Waals surface area (Å²) >= 11 is 0. The van der Waals surface area contributed by atoms with Crippen LogP contribution in [-0.4, -0.2) is 33.7 Å². The number of carbonyl (C=O) groups is 3. The summed E-state index contributed by atoms with van der Waals surface area (Å²) < 4.78 is 5.15. The maximum absolute atomic E-state index is 11.6. The summed E-state index contributed by atoms with van der Waals surface area (Å²) in [6.45, 7) is 5.30. The Morgan fingerprint density at radius 3 is 2.09 bits per heavy atom. The molecule has 126 valence electrons. The van der Waals surface area contributed by atoms with E-state index in [9.17, 15) is 19.5 Å². The van der Waals surface area contributed by atoms with Gasteiger partial charge in [-0.05, 0) is 32.1 Å². The molecule has 0 aliphatic carbocycles. The standard InChI is InChI=1S/C16H26O6/c1-3-5-8-11-16(15(20)21,22-14(19)4-2)12-9-6-7-10-13(17)18/h4H,2-3,5-12H2,1H3,(H,17,18)(H,20,21). The largest absolute Gasteiger partial charge is 0.481 e. The molecule has 0 saturated heterocycles. The first-order chi connectivity index (χ1) is 10.4. The second kappa shape index (κ2) is 10.8. The topological polar surface area (TPSA) is 101 Å². The highest BCUT2D eigenvalue weighted by atomic mass is 16.6. The van der Waals surface area contributed by atoms with Gasteiger partial charge in [0.05, 0.1) is 0 Å². The van der Waals surface area contributed by atoms with Gasteiger partial charge in [-0.3, -0.25) is 4.79 Å². The Balaban J connectivity index is 4.70. The van der Waals surface area contributed by atoms with Crippen LogP contribution in [0.5, 0.6) is 0 Å². The molecule has 1 atom stereocenters. The van der Waals surface area contributed by atoms with Crippen molar-refractivity contribution in [1.29, 1.82) is 0 Å². The van der Waals surface area contributed by atoms with Gasteiger partial charge in [0.1, 0.15) is 0 Å². The average molecular weight is 314 g/mol. The van der Waals surface area contributed by atoms with E-state index in [0.717, 1.165) is 18.9 Å². The Morgan fingerprint density at radius 1 is 1.05 bits per heavy atom. The molecule has 0 aromatic carbocycles. The molecule has 0 rings (SSSR count). The van der Waals surface area contributed by atoms with Crippen molar-refractivity contribution in [2.75, 3.05) is 0 Å². The third-order valence-electron chi connectivity index (χ3n) is 3.51. The van der Waals surface area contributed by atoms with Crippen molar-refractivity contribution in [3.8, 4) is 0 Å². The minimum atomic E-state index is -1.54. The molecule has 0 amide bonds. The Labute approximate surface area is 131 Å². The molecule has 6 nitrogen and oxygen atoms in total. The Bertz CT molecular complexity index is 390. The van der Waals surface area contributed by atoms with Crippen LogP contribution in [0, 0.1) is 0 Å². The fraction of sp³-hybridized carbons (Fsp3) is 0.688. The molecule has 0 fully saturated rings. The summed E-state index contributed by atoms with van der Waals surface area (Å²) in [5.41, 5.74) is -1.54. The lowest BCUT2D eigenvalue weighted by Crippen LogP contribution is -2.43. The van der Waals surface area contributed by atoms with Gasteiger partial charge < -0.3 is 14.9 Å². The van der Waals surface area contributed by atoms with Gasteiger partial charge in [0.25, 0.3) is 0 Å². The highest BCUT2D eigenvalue weighted by Crippen LogP contribution is 2.28. The SMILES string of the molecule is C=CC(=O)OC(CCCCC)(CCCCCC(=O)O)C(=O)O. The van der Waals surface area contributed by atoms with Gasteiger partial charge in [0, 0.05) is 12.5 Å². The normalized spacial score (nSPS) is 13.1. The number of carboxylic acid groups (broad SMARTS) is 2. The fourth-order valence-electron chi connectivity index (χ4n) is 2.24. The van der Waals surface area contributed by atoms with Crippen LogP contribution >= 0.6 is 0 Å². The Hall–Kier alpha value is -1.85. The van der Waals surface area contributed by atoms with Crippen molar-refractivity contribution >= 4 is 17.9 Å². The Kier molecular flexibility index (Phi) is 9.91. The summed E-state index contributed by atoms with van der Waals surface area (Å²) in [6, 6.07) is 0. The van der Waals surface area contributed by atoms with Crippen LogP contribution in [0.15, 0.2) is 12.7 Å². The van der Waals surface area contributed by atoms with Crippen LogP contribution in [-0.2, 0) is 19.1 Å². The van der Waals surface area contributed by atoms with Crippen molar-refractivity contribution in [3.63, 3.8) is 0 Å². The van der Waals surface area contributed by atoms with Crippen LogP contribution in [0.25, 0.3) is 0 Å².